The van der Waals surface area contributed by atoms with Crippen LogP contribution in [0.1, 0.15) is 63.7 Å². The van der Waals surface area contributed by atoms with Crippen molar-refractivity contribution < 1.29 is 105 Å². The highest BCUT2D eigenvalue weighted by Crippen LogP contribution is 2.37. The van der Waals surface area contributed by atoms with Crippen LogP contribution in [-0.4, -0.2) is 143 Å². The summed E-state index contributed by atoms with van der Waals surface area (Å²) in [7, 11) is -12.1. The number of nitrogens with zero attached hydrogens (tertiary/aromatic N) is 2. The Balaban J connectivity index is 0.000000284. The smallest absolute Gasteiger partial charge is 0.465 e. The molecule has 8 aromatic rings. The minimum absolute atomic E-state index is 0.139. The third-order valence-electron chi connectivity index (χ3n) is 13.9. The molecule has 0 saturated carbocycles. The number of carbonyl (C=O) groups excluding carboxylic acids is 4. The van der Waals surface area contributed by atoms with Crippen molar-refractivity contribution in [2.75, 3.05) is 72.5 Å². The monoisotopic (exact) mass is 1510 g/mol. The van der Waals surface area contributed by atoms with E-state index >= 15 is 0 Å². The fourth-order valence-electron chi connectivity index (χ4n) is 8.91. The highest BCUT2D eigenvalue weighted by molar-refractivity contribution is 7.97. The standard InChI is InChI=1S/2C24H25O2S.2C10H9F2NO7S.C6H15N/c2*1-4-25-15-16-26-24-19(2)17-23(18-20(24)3)27(21-11-7-5-8-12-21)22-13-9-6-10-14-22;2*11-10(12,21(16,17)18)9(15)20-6-5-19-8(14)7-1-3-13-4-2-7;1-4-7(5-2)6-3/h2*4-14,17-18H,1,15-16H2,2-3H3;2*1-4H,5-6H2,(H,16,17,18);4-6H2,1-3H3/q2*+1;;;/p+1. The fourth-order valence-corrected chi connectivity index (χ4v) is 14.0. The van der Waals surface area contributed by atoms with E-state index < -0.39 is 81.1 Å². The van der Waals surface area contributed by atoms with Crippen LogP contribution >= 0.6 is 0 Å². The molecule has 6 aromatic carbocycles. The van der Waals surface area contributed by atoms with Gasteiger partial charge in [0.15, 0.2) is 29.4 Å². The Hall–Kier alpha value is -9.62. The number of nitrogens with one attached hydrogen (secondary N) is 1. The Morgan fingerprint density at radius 2 is 0.689 bits per heavy atom. The van der Waals surface area contributed by atoms with Gasteiger partial charge in [0.05, 0.1) is 65.1 Å². The number of alkyl halides is 4. The molecule has 0 fully saturated rings. The molecule has 0 unspecified atom stereocenters. The van der Waals surface area contributed by atoms with E-state index in [2.05, 4.69) is 236 Å². The Labute approximate surface area is 604 Å². The lowest BCUT2D eigenvalue weighted by molar-refractivity contribution is -0.894. The van der Waals surface area contributed by atoms with Crippen molar-refractivity contribution in [1.29, 1.82) is 0 Å². The molecule has 0 amide bonds. The van der Waals surface area contributed by atoms with Crippen molar-refractivity contribution in [3.63, 3.8) is 0 Å². The predicted octanol–water partition coefficient (Wildman–Crippen LogP) is 12.3. The predicted molar refractivity (Wildman–Crippen MR) is 382 cm³/mol. The Morgan fingerprint density at radius 3 is 0.922 bits per heavy atom. The van der Waals surface area contributed by atoms with Gasteiger partial charge in [-0.1, -0.05) is 86.0 Å². The number of carbonyl (C=O) groups is 4. The first kappa shape index (κ1) is 85.8. The summed E-state index contributed by atoms with van der Waals surface area (Å²) in [6, 6.07) is 57.1. The summed E-state index contributed by atoms with van der Waals surface area (Å²) in [5.74, 6) is -4.67. The van der Waals surface area contributed by atoms with E-state index in [-0.39, 0.29) is 32.9 Å². The molecule has 0 saturated heterocycles. The largest absolute Gasteiger partial charge is 0.498 e. The summed E-state index contributed by atoms with van der Waals surface area (Å²) in [4.78, 5) is 61.1. The lowest BCUT2D eigenvalue weighted by Gasteiger charge is -2.14. The van der Waals surface area contributed by atoms with Gasteiger partial charge in [0.2, 0.25) is 0 Å². The van der Waals surface area contributed by atoms with Crippen molar-refractivity contribution in [2.24, 2.45) is 0 Å². The number of benzene rings is 6. The van der Waals surface area contributed by atoms with Crippen LogP contribution in [0.5, 0.6) is 11.5 Å². The van der Waals surface area contributed by atoms with Gasteiger partial charge in [-0.05, 0) is 144 Å². The quantitative estimate of drug-likeness (QED) is 0.00692. The van der Waals surface area contributed by atoms with Gasteiger partial charge >= 0.3 is 54.6 Å². The minimum Gasteiger partial charge on any atom is -0.498 e. The second-order valence-electron chi connectivity index (χ2n) is 21.2. The van der Waals surface area contributed by atoms with Crippen molar-refractivity contribution in [1.82, 2.24) is 9.97 Å². The summed E-state index contributed by atoms with van der Waals surface area (Å²) in [5.41, 5.74) is 4.86. The molecule has 0 bridgehead atoms. The third-order valence-corrected chi connectivity index (χ3v) is 20.0. The van der Waals surface area contributed by atoms with Gasteiger partial charge < -0.3 is 42.8 Å². The highest BCUT2D eigenvalue weighted by atomic mass is 32.2. The average Bonchev–Trinajstić information content (AvgIpc) is 0.810. The Kier molecular flexibility index (Phi) is 36.7. The van der Waals surface area contributed by atoms with Crippen LogP contribution in [-0.2, 0) is 80.0 Å². The Morgan fingerprint density at radius 1 is 0.427 bits per heavy atom. The van der Waals surface area contributed by atoms with E-state index in [4.69, 9.17) is 28.1 Å². The third kappa shape index (κ3) is 27.9. The Bertz CT molecular complexity index is 3770. The number of halogens is 4. The topological polar surface area (TPSA) is 281 Å². The van der Waals surface area contributed by atoms with Crippen LogP contribution in [0.3, 0.4) is 0 Å². The zero-order valence-corrected chi connectivity index (χ0v) is 61.1. The van der Waals surface area contributed by atoms with E-state index in [1.165, 1.54) is 111 Å². The van der Waals surface area contributed by atoms with E-state index in [1.807, 2.05) is 0 Å². The number of hydrogen-bond donors (Lipinski definition) is 3. The van der Waals surface area contributed by atoms with Gasteiger partial charge in [-0.2, -0.15) is 34.4 Å². The molecule has 8 rings (SSSR count). The fraction of sp³-hybridized carbons (Fsp3) is 0.270. The van der Waals surface area contributed by atoms with Gasteiger partial charge in [-0.25, -0.2) is 19.2 Å². The minimum atomic E-state index is -5.92. The number of pyridine rings is 2. The number of aromatic nitrogens is 2. The van der Waals surface area contributed by atoms with Gasteiger partial charge in [0.1, 0.15) is 64.4 Å². The first-order valence-electron chi connectivity index (χ1n) is 31.7. The van der Waals surface area contributed by atoms with Crippen molar-refractivity contribution >= 4 is 65.9 Å². The van der Waals surface area contributed by atoms with Crippen LogP contribution in [0.15, 0.2) is 250 Å². The molecule has 0 atom stereocenters. The number of ether oxygens (including phenoxy) is 8. The van der Waals surface area contributed by atoms with E-state index in [1.54, 1.807) is 4.90 Å². The molecular formula is C74H84F4N3O18S4+3. The second kappa shape index (κ2) is 44.0. The number of rotatable bonds is 31. The zero-order chi connectivity index (χ0) is 76.0. The van der Waals surface area contributed by atoms with Crippen LogP contribution in [0.2, 0.25) is 0 Å². The van der Waals surface area contributed by atoms with Crippen LogP contribution in [0.4, 0.5) is 17.6 Å². The molecule has 103 heavy (non-hydrogen) atoms. The lowest BCUT2D eigenvalue weighted by Crippen LogP contribution is -3.11. The van der Waals surface area contributed by atoms with Gasteiger partial charge in [-0.3, -0.25) is 19.1 Å². The molecular weight excluding hydrogens is 1420 g/mol. The first-order chi connectivity index (χ1) is 49.1. The summed E-state index contributed by atoms with van der Waals surface area (Å²) < 4.78 is 147. The molecule has 0 aliphatic rings. The van der Waals surface area contributed by atoms with Gasteiger partial charge in [0, 0.05) is 49.1 Å². The number of quaternary nitrogens is 1. The maximum Gasteiger partial charge on any atom is 0.465 e. The maximum absolute atomic E-state index is 12.7. The normalized spacial score (nSPS) is 11.1. The molecule has 29 heteroatoms. The lowest BCUT2D eigenvalue weighted by atomic mass is 10.1. The average molecular weight is 1510 g/mol. The van der Waals surface area contributed by atoms with Crippen molar-refractivity contribution in [3.8, 4) is 11.5 Å². The molecule has 3 N–H and O–H groups in total. The second-order valence-corrected chi connectivity index (χ2v) is 28.2. The van der Waals surface area contributed by atoms with Crippen LogP contribution in [0, 0.1) is 27.7 Å². The van der Waals surface area contributed by atoms with Gasteiger partial charge in [0.25, 0.3) is 0 Å². The molecule has 2 aromatic heterocycles. The number of esters is 4. The van der Waals surface area contributed by atoms with Crippen molar-refractivity contribution in [2.45, 2.75) is 88.3 Å². The van der Waals surface area contributed by atoms with Crippen LogP contribution < -0.4 is 14.4 Å². The SMILES string of the molecule is C=COCCOc1c(C)cc([S+](c2ccccc2)c2ccccc2)cc1C.C=COCCOc1c(C)cc([S+](c2ccccc2)c2ccccc2)cc1C.CC[NH+](CC)CC.O=C(OCCOC(=O)C(F)(F)S(=O)(=O)O)c1ccncc1.O=C(OCCOC(=O)C(F)(F)S(=O)(=O)O)c1ccncc1. The van der Waals surface area contributed by atoms with Crippen molar-refractivity contribution in [3.05, 3.63) is 254 Å². The maximum atomic E-state index is 12.7. The molecule has 552 valence electrons. The zero-order valence-electron chi connectivity index (χ0n) is 57.8. The summed E-state index contributed by atoms with van der Waals surface area (Å²) >= 11 is 0. The molecule has 2 heterocycles. The molecule has 21 nitrogen and oxygen atoms in total. The first-order valence-corrected chi connectivity index (χ1v) is 37.0. The van der Waals surface area contributed by atoms with E-state index in [0.29, 0.717) is 26.4 Å². The van der Waals surface area contributed by atoms with E-state index in [9.17, 15) is 53.6 Å². The number of hydrogen-bond acceptors (Lipinski definition) is 18. The van der Waals surface area contributed by atoms with Gasteiger partial charge in [-0.15, -0.1) is 0 Å². The van der Waals surface area contributed by atoms with E-state index in [0.717, 1.165) is 33.8 Å². The molecule has 0 aliphatic carbocycles. The number of aryl methyl sites for hydroxylation is 4. The van der Waals surface area contributed by atoms with Crippen LogP contribution in [0.25, 0.3) is 0 Å². The summed E-state index contributed by atoms with van der Waals surface area (Å²) in [6.07, 6.45) is 8.17. The molecule has 0 spiro atoms. The summed E-state index contributed by atoms with van der Waals surface area (Å²) in [6.45, 7) is 25.3. The highest BCUT2D eigenvalue weighted by Gasteiger charge is 2.55. The molecule has 0 aliphatic heterocycles. The summed E-state index contributed by atoms with van der Waals surface area (Å²) in [5, 5.41) is -10.2. The molecule has 0 radical (unpaired) electrons.